The zero-order valence-electron chi connectivity index (χ0n) is 10.5. The molecule has 0 aromatic heterocycles. The van der Waals surface area contributed by atoms with Gasteiger partial charge in [0.2, 0.25) is 0 Å². The minimum absolute atomic E-state index is 0.194. The number of hydrogen-bond acceptors (Lipinski definition) is 0. The first-order chi connectivity index (χ1) is 8.39. The molecule has 2 unspecified atom stereocenters. The van der Waals surface area contributed by atoms with Crippen molar-refractivity contribution >= 4 is 22.6 Å². The molecule has 0 spiro atoms. The third-order valence-corrected chi connectivity index (χ3v) is 4.67. The number of alkyl halides is 8. The van der Waals surface area contributed by atoms with Crippen molar-refractivity contribution in [3.8, 4) is 0 Å². The Morgan fingerprint density at radius 3 is 1.79 bits per heavy atom. The van der Waals surface area contributed by atoms with Gasteiger partial charge in [-0.2, -0.15) is 30.7 Å². The van der Waals surface area contributed by atoms with Gasteiger partial charge in [-0.3, -0.25) is 0 Å². The van der Waals surface area contributed by atoms with Gasteiger partial charge in [-0.05, 0) is 6.42 Å². The lowest BCUT2D eigenvalue weighted by Crippen LogP contribution is -2.56. The van der Waals surface area contributed by atoms with Crippen LogP contribution in [0.1, 0.15) is 39.5 Å². The molecule has 0 aromatic rings. The van der Waals surface area contributed by atoms with Crippen molar-refractivity contribution in [2.75, 3.05) is 0 Å². The van der Waals surface area contributed by atoms with E-state index in [1.165, 1.54) is 22.6 Å². The summed E-state index contributed by atoms with van der Waals surface area (Å²) >= 11 is 1.52. The second kappa shape index (κ2) is 6.80. The van der Waals surface area contributed by atoms with Crippen LogP contribution < -0.4 is 0 Å². The first-order valence-electron chi connectivity index (χ1n) is 5.86. The average molecular weight is 408 g/mol. The third kappa shape index (κ3) is 4.35. The smallest absolute Gasteiger partial charge is 0.199 e. The number of halogens is 8. The summed E-state index contributed by atoms with van der Waals surface area (Å²) < 4.78 is 87.6. The predicted octanol–water partition coefficient (Wildman–Crippen LogP) is 5.84. The molecule has 0 bridgehead atoms. The predicted molar refractivity (Wildman–Crippen MR) is 67.1 cm³/mol. The highest BCUT2D eigenvalue weighted by molar-refractivity contribution is 14.1. The fraction of sp³-hybridized carbons (Fsp3) is 1.00. The standard InChI is InChI=1S/C11H16F7I/c1-3-4-5-6-8(19)7(2)9(12,13)10(14,15)11(16,17)18/h7-8H,3-6H2,1-2H3. The molecule has 0 saturated carbocycles. The molecule has 2 atom stereocenters. The van der Waals surface area contributed by atoms with E-state index >= 15 is 0 Å². The molecule has 0 aromatic carbocycles. The Morgan fingerprint density at radius 1 is 0.947 bits per heavy atom. The molecule has 0 aliphatic heterocycles. The number of rotatable bonds is 7. The maximum absolute atomic E-state index is 13.4. The Bertz CT molecular complexity index is 275. The van der Waals surface area contributed by atoms with Crippen molar-refractivity contribution in [1.29, 1.82) is 0 Å². The summed E-state index contributed by atoms with van der Waals surface area (Å²) in [6.45, 7) is 2.61. The topological polar surface area (TPSA) is 0 Å². The van der Waals surface area contributed by atoms with E-state index in [-0.39, 0.29) is 6.42 Å². The normalized spacial score (nSPS) is 17.4. The van der Waals surface area contributed by atoms with Crippen LogP contribution in [0.4, 0.5) is 30.7 Å². The van der Waals surface area contributed by atoms with E-state index in [9.17, 15) is 30.7 Å². The third-order valence-electron chi connectivity index (χ3n) is 2.97. The maximum atomic E-state index is 13.4. The zero-order chi connectivity index (χ0) is 15.5. The SMILES string of the molecule is CCCCCC(I)C(C)C(F)(F)C(F)(F)C(F)(F)F. The van der Waals surface area contributed by atoms with E-state index in [0.717, 1.165) is 19.8 Å². The van der Waals surface area contributed by atoms with Gasteiger partial charge in [0.05, 0.1) is 0 Å². The molecule has 0 N–H and O–H groups in total. The maximum Gasteiger partial charge on any atom is 0.459 e. The minimum atomic E-state index is -6.25. The van der Waals surface area contributed by atoms with E-state index in [1.807, 2.05) is 6.92 Å². The summed E-state index contributed by atoms with van der Waals surface area (Å²) in [7, 11) is 0. The van der Waals surface area contributed by atoms with Crippen LogP contribution in [0.3, 0.4) is 0 Å². The van der Waals surface area contributed by atoms with Gasteiger partial charge in [-0.1, -0.05) is 55.7 Å². The van der Waals surface area contributed by atoms with Crippen LogP contribution >= 0.6 is 22.6 Å². The van der Waals surface area contributed by atoms with Gasteiger partial charge < -0.3 is 0 Å². The summed E-state index contributed by atoms with van der Waals surface area (Å²) in [5.41, 5.74) is 0. The van der Waals surface area contributed by atoms with Crippen LogP contribution in [0.25, 0.3) is 0 Å². The molecule has 19 heavy (non-hydrogen) atoms. The highest BCUT2D eigenvalue weighted by Gasteiger charge is 2.74. The van der Waals surface area contributed by atoms with E-state index in [1.54, 1.807) is 0 Å². The van der Waals surface area contributed by atoms with E-state index in [4.69, 9.17) is 0 Å². The number of hydrogen-bond donors (Lipinski definition) is 0. The lowest BCUT2D eigenvalue weighted by molar-refractivity contribution is -0.364. The molecule has 0 saturated heterocycles. The van der Waals surface area contributed by atoms with Crippen LogP contribution in [-0.2, 0) is 0 Å². The average Bonchev–Trinajstić information content (AvgIpc) is 2.26. The van der Waals surface area contributed by atoms with Crippen LogP contribution in [0.15, 0.2) is 0 Å². The number of unbranched alkanes of at least 4 members (excludes halogenated alkanes) is 2. The molecule has 0 amide bonds. The Kier molecular flexibility index (Phi) is 6.88. The van der Waals surface area contributed by atoms with Crippen molar-refractivity contribution in [2.24, 2.45) is 5.92 Å². The highest BCUT2D eigenvalue weighted by Crippen LogP contribution is 2.51. The molecular formula is C11H16F7I. The summed E-state index contributed by atoms with van der Waals surface area (Å²) in [4.78, 5) is 0. The van der Waals surface area contributed by atoms with Crippen molar-refractivity contribution in [1.82, 2.24) is 0 Å². The van der Waals surface area contributed by atoms with Crippen LogP contribution in [-0.4, -0.2) is 21.9 Å². The lowest BCUT2D eigenvalue weighted by atomic mass is 9.91. The lowest BCUT2D eigenvalue weighted by Gasteiger charge is -2.34. The molecule has 0 heterocycles. The van der Waals surface area contributed by atoms with Crippen molar-refractivity contribution < 1.29 is 30.7 Å². The summed E-state index contributed by atoms with van der Waals surface area (Å²) in [5, 5.41) is 0. The molecule has 0 aliphatic rings. The quantitative estimate of drug-likeness (QED) is 0.215. The molecule has 0 nitrogen and oxygen atoms in total. The first-order valence-corrected chi connectivity index (χ1v) is 7.10. The largest absolute Gasteiger partial charge is 0.459 e. The first kappa shape index (κ1) is 19.2. The van der Waals surface area contributed by atoms with E-state index < -0.39 is 27.9 Å². The molecular weight excluding hydrogens is 392 g/mol. The van der Waals surface area contributed by atoms with Crippen molar-refractivity contribution in [2.45, 2.75) is 61.5 Å². The molecule has 116 valence electrons. The Hall–Kier alpha value is 0.240. The fourth-order valence-electron chi connectivity index (χ4n) is 1.54. The minimum Gasteiger partial charge on any atom is -0.199 e. The second-order valence-corrected chi connectivity index (χ2v) is 6.10. The monoisotopic (exact) mass is 408 g/mol. The van der Waals surface area contributed by atoms with Gasteiger partial charge in [0.15, 0.2) is 0 Å². The van der Waals surface area contributed by atoms with E-state index in [2.05, 4.69) is 0 Å². The van der Waals surface area contributed by atoms with Gasteiger partial charge in [0.25, 0.3) is 0 Å². The van der Waals surface area contributed by atoms with Crippen molar-refractivity contribution in [3.63, 3.8) is 0 Å². The molecule has 8 heteroatoms. The zero-order valence-corrected chi connectivity index (χ0v) is 12.7. The summed E-state index contributed by atoms with van der Waals surface area (Å²) in [6.07, 6.45) is -3.98. The van der Waals surface area contributed by atoms with Crippen molar-refractivity contribution in [3.05, 3.63) is 0 Å². The second-order valence-electron chi connectivity index (χ2n) is 4.50. The van der Waals surface area contributed by atoms with Crippen LogP contribution in [0.2, 0.25) is 0 Å². The van der Waals surface area contributed by atoms with Gasteiger partial charge in [-0.15, -0.1) is 0 Å². The Labute approximate surface area is 121 Å². The highest BCUT2D eigenvalue weighted by atomic mass is 127. The molecule has 0 rings (SSSR count). The van der Waals surface area contributed by atoms with E-state index in [0.29, 0.717) is 6.42 Å². The molecule has 0 radical (unpaired) electrons. The molecule has 0 aliphatic carbocycles. The van der Waals surface area contributed by atoms with Gasteiger partial charge in [0, 0.05) is 9.84 Å². The molecule has 0 fully saturated rings. The van der Waals surface area contributed by atoms with Crippen LogP contribution in [0.5, 0.6) is 0 Å². The van der Waals surface area contributed by atoms with Crippen LogP contribution in [0, 0.1) is 5.92 Å². The van der Waals surface area contributed by atoms with Gasteiger partial charge in [-0.25, -0.2) is 0 Å². The Morgan fingerprint density at radius 2 is 1.42 bits per heavy atom. The Balaban J connectivity index is 4.89. The summed E-state index contributed by atoms with van der Waals surface area (Å²) in [6, 6.07) is 0. The fourth-order valence-corrected chi connectivity index (χ4v) is 2.43. The summed E-state index contributed by atoms with van der Waals surface area (Å²) in [5.74, 6) is -13.2. The van der Waals surface area contributed by atoms with Gasteiger partial charge in [0.1, 0.15) is 0 Å². The van der Waals surface area contributed by atoms with Gasteiger partial charge >= 0.3 is 18.0 Å².